The van der Waals surface area contributed by atoms with Crippen LogP contribution < -0.4 is 4.72 Å². The van der Waals surface area contributed by atoms with Gasteiger partial charge < -0.3 is 4.90 Å². The number of aromatic nitrogens is 2. The third-order valence-electron chi connectivity index (χ3n) is 4.37. The Morgan fingerprint density at radius 1 is 1.39 bits per heavy atom. The van der Waals surface area contributed by atoms with Gasteiger partial charge in [0.2, 0.25) is 15.9 Å². The fourth-order valence-corrected chi connectivity index (χ4v) is 4.00. The predicted octanol–water partition coefficient (Wildman–Crippen LogP) is 1.75. The standard InChI is InChI=1S/C15H26N4O3S/c1-11(15(20)19(2)3)23(21,22)18-14-10-13(16-17-14)9-12-7-5-4-6-8-12/h10-12H,4-9H2,1-3H3,(H2,16,17,18)/t11-/m1/s1. The van der Waals surface area contributed by atoms with E-state index in [0.29, 0.717) is 5.92 Å². The highest BCUT2D eigenvalue weighted by molar-refractivity contribution is 7.94. The summed E-state index contributed by atoms with van der Waals surface area (Å²) in [4.78, 5) is 13.1. The molecule has 0 saturated heterocycles. The molecule has 7 nitrogen and oxygen atoms in total. The Kier molecular flexibility index (Phi) is 5.67. The molecule has 1 fully saturated rings. The zero-order valence-corrected chi connectivity index (χ0v) is 14.8. The Morgan fingerprint density at radius 3 is 2.65 bits per heavy atom. The molecule has 1 saturated carbocycles. The van der Waals surface area contributed by atoms with Crippen molar-refractivity contribution >= 4 is 21.7 Å². The van der Waals surface area contributed by atoms with Crippen molar-refractivity contribution in [2.24, 2.45) is 5.92 Å². The lowest BCUT2D eigenvalue weighted by molar-refractivity contribution is -0.127. The van der Waals surface area contributed by atoms with Crippen LogP contribution in [-0.2, 0) is 21.2 Å². The number of rotatable bonds is 6. The van der Waals surface area contributed by atoms with Gasteiger partial charge in [-0.2, -0.15) is 5.10 Å². The van der Waals surface area contributed by atoms with Gasteiger partial charge in [-0.15, -0.1) is 0 Å². The maximum absolute atomic E-state index is 12.2. The second-order valence-electron chi connectivity index (χ2n) is 6.51. The van der Waals surface area contributed by atoms with Crippen LogP contribution in [0.5, 0.6) is 0 Å². The van der Waals surface area contributed by atoms with E-state index < -0.39 is 21.2 Å². The molecule has 1 atom stereocenters. The second-order valence-corrected chi connectivity index (χ2v) is 8.51. The van der Waals surface area contributed by atoms with Gasteiger partial charge in [0.1, 0.15) is 0 Å². The van der Waals surface area contributed by atoms with Gasteiger partial charge in [-0.3, -0.25) is 14.6 Å². The lowest BCUT2D eigenvalue weighted by atomic mass is 9.86. The van der Waals surface area contributed by atoms with E-state index in [9.17, 15) is 13.2 Å². The van der Waals surface area contributed by atoms with Gasteiger partial charge in [-0.25, -0.2) is 8.42 Å². The molecule has 1 heterocycles. The van der Waals surface area contributed by atoms with E-state index in [0.717, 1.165) is 12.1 Å². The highest BCUT2D eigenvalue weighted by Gasteiger charge is 2.30. The fraction of sp³-hybridized carbons (Fsp3) is 0.733. The fourth-order valence-electron chi connectivity index (χ4n) is 2.95. The highest BCUT2D eigenvalue weighted by atomic mass is 32.2. The minimum Gasteiger partial charge on any atom is -0.348 e. The molecule has 8 heteroatoms. The van der Waals surface area contributed by atoms with Crippen molar-refractivity contribution in [3.8, 4) is 0 Å². The molecule has 23 heavy (non-hydrogen) atoms. The zero-order valence-electron chi connectivity index (χ0n) is 14.0. The molecule has 0 spiro atoms. The van der Waals surface area contributed by atoms with Crippen molar-refractivity contribution in [1.29, 1.82) is 0 Å². The van der Waals surface area contributed by atoms with Crippen LogP contribution in [0.2, 0.25) is 0 Å². The van der Waals surface area contributed by atoms with E-state index in [2.05, 4.69) is 14.9 Å². The maximum atomic E-state index is 12.2. The number of sulfonamides is 1. The van der Waals surface area contributed by atoms with Gasteiger partial charge in [0.15, 0.2) is 11.1 Å². The maximum Gasteiger partial charge on any atom is 0.245 e. The van der Waals surface area contributed by atoms with E-state index in [1.54, 1.807) is 6.07 Å². The van der Waals surface area contributed by atoms with Crippen LogP contribution in [0.1, 0.15) is 44.7 Å². The number of carbonyl (C=O) groups is 1. The summed E-state index contributed by atoms with van der Waals surface area (Å²) in [6.45, 7) is 1.38. The van der Waals surface area contributed by atoms with Crippen LogP contribution in [0.3, 0.4) is 0 Å². The molecule has 2 rings (SSSR count). The second kappa shape index (κ2) is 7.33. The average Bonchev–Trinajstić information content (AvgIpc) is 2.92. The first kappa shape index (κ1) is 17.8. The number of aromatic amines is 1. The summed E-state index contributed by atoms with van der Waals surface area (Å²) in [6, 6.07) is 1.72. The Hall–Kier alpha value is -1.57. The molecule has 1 aromatic heterocycles. The van der Waals surface area contributed by atoms with Gasteiger partial charge in [0.25, 0.3) is 0 Å². The summed E-state index contributed by atoms with van der Waals surface area (Å²) < 4.78 is 26.9. The monoisotopic (exact) mass is 342 g/mol. The number of carbonyl (C=O) groups excluding carboxylic acids is 1. The minimum absolute atomic E-state index is 0.245. The predicted molar refractivity (Wildman–Crippen MR) is 89.6 cm³/mol. The van der Waals surface area contributed by atoms with Crippen molar-refractivity contribution in [3.05, 3.63) is 11.8 Å². The van der Waals surface area contributed by atoms with Gasteiger partial charge in [-0.05, 0) is 19.3 Å². The van der Waals surface area contributed by atoms with E-state index in [1.165, 1.54) is 58.0 Å². The molecule has 1 aromatic rings. The lowest BCUT2D eigenvalue weighted by Crippen LogP contribution is -2.39. The lowest BCUT2D eigenvalue weighted by Gasteiger charge is -2.20. The van der Waals surface area contributed by atoms with E-state index in [1.807, 2.05) is 0 Å². The van der Waals surface area contributed by atoms with Gasteiger partial charge in [0.05, 0.1) is 0 Å². The Bertz CT molecular complexity index is 633. The first-order chi connectivity index (χ1) is 10.8. The van der Waals surface area contributed by atoms with Gasteiger partial charge >= 0.3 is 0 Å². The summed E-state index contributed by atoms with van der Waals surface area (Å²) in [6.07, 6.45) is 7.16. The molecule has 130 valence electrons. The number of H-pyrrole nitrogens is 1. The molecule has 0 aliphatic heterocycles. The normalized spacial score (nSPS) is 17.7. The first-order valence-electron chi connectivity index (χ1n) is 8.06. The molecule has 0 aromatic carbocycles. The van der Waals surface area contributed by atoms with Gasteiger partial charge in [-0.1, -0.05) is 32.1 Å². The topological polar surface area (TPSA) is 95.2 Å². The first-order valence-corrected chi connectivity index (χ1v) is 9.61. The van der Waals surface area contributed by atoms with Crippen LogP contribution in [0.4, 0.5) is 5.82 Å². The van der Waals surface area contributed by atoms with Gasteiger partial charge in [0, 0.05) is 25.9 Å². The quantitative estimate of drug-likeness (QED) is 0.823. The number of hydrogen-bond donors (Lipinski definition) is 2. The number of nitrogens with one attached hydrogen (secondary N) is 2. The van der Waals surface area contributed by atoms with Crippen LogP contribution in [-0.4, -0.2) is 48.8 Å². The van der Waals surface area contributed by atoms with Crippen LogP contribution in [0.15, 0.2) is 6.07 Å². The third kappa shape index (κ3) is 4.70. The minimum atomic E-state index is -3.80. The average molecular weight is 342 g/mol. The summed E-state index contributed by atoms with van der Waals surface area (Å²) >= 11 is 0. The third-order valence-corrected chi connectivity index (χ3v) is 5.99. The molecule has 1 aliphatic rings. The summed E-state index contributed by atoms with van der Waals surface area (Å²) in [5, 5.41) is 5.75. The van der Waals surface area contributed by atoms with E-state index >= 15 is 0 Å². The highest BCUT2D eigenvalue weighted by Crippen LogP contribution is 2.27. The summed E-state index contributed by atoms with van der Waals surface area (Å²) in [5.41, 5.74) is 0.932. The largest absolute Gasteiger partial charge is 0.348 e. The van der Waals surface area contributed by atoms with Crippen LogP contribution >= 0.6 is 0 Å². The van der Waals surface area contributed by atoms with E-state index in [-0.39, 0.29) is 5.82 Å². The van der Waals surface area contributed by atoms with Crippen molar-refractivity contribution < 1.29 is 13.2 Å². The Morgan fingerprint density at radius 2 is 2.04 bits per heavy atom. The summed E-state index contributed by atoms with van der Waals surface area (Å²) in [7, 11) is -0.735. The molecular weight excluding hydrogens is 316 g/mol. The Balaban J connectivity index is 1.98. The van der Waals surface area contributed by atoms with Crippen molar-refractivity contribution in [1.82, 2.24) is 15.1 Å². The summed E-state index contributed by atoms with van der Waals surface area (Å²) in [5.74, 6) is 0.424. The SMILES string of the molecule is C[C@H](C(=O)N(C)C)S(=O)(=O)Nc1cc(CC2CCCCC2)[nH]n1. The zero-order chi connectivity index (χ0) is 17.0. The molecule has 0 unspecified atom stereocenters. The van der Waals surface area contributed by atoms with Crippen LogP contribution in [0, 0.1) is 5.92 Å². The number of anilines is 1. The van der Waals surface area contributed by atoms with E-state index in [4.69, 9.17) is 0 Å². The van der Waals surface area contributed by atoms with Crippen molar-refractivity contribution in [2.75, 3.05) is 18.8 Å². The Labute approximate surface area is 137 Å². The molecule has 1 amide bonds. The number of nitrogens with zero attached hydrogens (tertiary/aromatic N) is 2. The van der Waals surface area contributed by atoms with Crippen LogP contribution in [0.25, 0.3) is 0 Å². The number of amides is 1. The van der Waals surface area contributed by atoms with Crippen molar-refractivity contribution in [2.45, 2.75) is 50.7 Å². The molecule has 0 bridgehead atoms. The molecular formula is C15H26N4O3S. The number of hydrogen-bond acceptors (Lipinski definition) is 4. The van der Waals surface area contributed by atoms with Crippen molar-refractivity contribution in [3.63, 3.8) is 0 Å². The molecule has 2 N–H and O–H groups in total. The smallest absolute Gasteiger partial charge is 0.245 e. The molecule has 0 radical (unpaired) electrons. The molecule has 1 aliphatic carbocycles.